The molecule has 0 radical (unpaired) electrons. The number of hydrogen-bond acceptors (Lipinski definition) is 7. The van der Waals surface area contributed by atoms with Crippen molar-refractivity contribution in [2.24, 2.45) is 0 Å². The van der Waals surface area contributed by atoms with Gasteiger partial charge in [0.25, 0.3) is 0 Å². The van der Waals surface area contributed by atoms with Crippen LogP contribution in [0.3, 0.4) is 0 Å². The second kappa shape index (κ2) is 9.62. The van der Waals surface area contributed by atoms with Gasteiger partial charge in [-0.3, -0.25) is 0 Å². The Morgan fingerprint density at radius 2 is 1.60 bits per heavy atom. The molecule has 8 nitrogen and oxygen atoms in total. The van der Waals surface area contributed by atoms with Gasteiger partial charge in [0, 0.05) is 0 Å². The maximum absolute atomic E-state index is 12.7. The van der Waals surface area contributed by atoms with Crippen LogP contribution in [0.2, 0.25) is 0 Å². The van der Waals surface area contributed by atoms with E-state index in [2.05, 4.69) is 5.32 Å². The summed E-state index contributed by atoms with van der Waals surface area (Å²) >= 11 is 0. The number of carbonyl (C=O) groups excluding carboxylic acids is 2. The fourth-order valence-corrected chi connectivity index (χ4v) is 2.87. The van der Waals surface area contributed by atoms with Crippen LogP contribution in [-0.2, 0) is 31.0 Å². The monoisotopic (exact) mass is 435 g/mol. The Bertz CT molecular complexity index is 965. The van der Waals surface area contributed by atoms with Crippen molar-refractivity contribution in [1.82, 2.24) is 5.32 Å². The van der Waals surface area contributed by atoms with Crippen LogP contribution in [0.5, 0.6) is 5.75 Å². The normalized spacial score (nSPS) is 12.5. The lowest BCUT2D eigenvalue weighted by atomic mass is 10.1. The molecule has 0 aromatic heterocycles. The fraction of sp³-hybridized carbons (Fsp3) is 0.333. The van der Waals surface area contributed by atoms with E-state index in [0.717, 1.165) is 11.8 Å². The molecule has 0 saturated heterocycles. The summed E-state index contributed by atoms with van der Waals surface area (Å²) in [6, 6.07) is 13.6. The average molecular weight is 435 g/mol. The molecule has 1 N–H and O–H groups in total. The third-order valence-corrected chi connectivity index (χ3v) is 4.07. The zero-order valence-electron chi connectivity index (χ0n) is 17.2. The fourth-order valence-electron chi connectivity index (χ4n) is 2.41. The van der Waals surface area contributed by atoms with Crippen molar-refractivity contribution in [3.63, 3.8) is 0 Å². The molecular formula is C21H25NO7S. The topological polar surface area (TPSA) is 108 Å². The third kappa shape index (κ3) is 8.12. The highest BCUT2D eigenvalue weighted by molar-refractivity contribution is 7.86. The van der Waals surface area contributed by atoms with Crippen LogP contribution in [0.4, 0.5) is 4.79 Å². The van der Waals surface area contributed by atoms with Gasteiger partial charge in [-0.15, -0.1) is 0 Å². The molecule has 0 saturated carbocycles. The minimum atomic E-state index is -3.68. The Morgan fingerprint density at radius 1 is 1.00 bits per heavy atom. The number of esters is 1. The van der Waals surface area contributed by atoms with E-state index in [4.69, 9.17) is 13.7 Å². The number of alkyl carbamates (subject to hydrolysis) is 1. The van der Waals surface area contributed by atoms with Gasteiger partial charge in [0.2, 0.25) is 0 Å². The molecule has 1 unspecified atom stereocenters. The molecule has 0 fully saturated rings. The van der Waals surface area contributed by atoms with Gasteiger partial charge in [-0.1, -0.05) is 42.5 Å². The highest BCUT2D eigenvalue weighted by Gasteiger charge is 2.29. The van der Waals surface area contributed by atoms with Gasteiger partial charge in [0.05, 0.1) is 6.26 Å². The molecule has 1 atom stereocenters. The van der Waals surface area contributed by atoms with Gasteiger partial charge >= 0.3 is 22.2 Å². The van der Waals surface area contributed by atoms with E-state index in [1.165, 1.54) is 24.3 Å². The number of ether oxygens (including phenoxy) is 2. The first-order valence-corrected chi connectivity index (χ1v) is 10.9. The molecule has 2 aromatic rings. The van der Waals surface area contributed by atoms with E-state index in [9.17, 15) is 18.0 Å². The first-order chi connectivity index (χ1) is 13.9. The van der Waals surface area contributed by atoms with Crippen molar-refractivity contribution in [1.29, 1.82) is 0 Å². The quantitative estimate of drug-likeness (QED) is 0.525. The van der Waals surface area contributed by atoms with E-state index in [1.807, 2.05) is 18.2 Å². The van der Waals surface area contributed by atoms with Crippen LogP contribution >= 0.6 is 0 Å². The molecule has 1 amide bonds. The Hall–Kier alpha value is -3.07. The minimum Gasteiger partial charge on any atom is -0.458 e. The lowest BCUT2D eigenvalue weighted by Crippen LogP contribution is -2.38. The number of rotatable bonds is 7. The first-order valence-electron chi connectivity index (χ1n) is 9.12. The predicted octanol–water partition coefficient (Wildman–Crippen LogP) is 3.33. The molecule has 0 bridgehead atoms. The van der Waals surface area contributed by atoms with Crippen LogP contribution in [-0.4, -0.2) is 32.3 Å². The van der Waals surface area contributed by atoms with Gasteiger partial charge in [0.15, 0.2) is 6.04 Å². The molecule has 0 aliphatic carbocycles. The van der Waals surface area contributed by atoms with Crippen LogP contribution in [0.15, 0.2) is 54.6 Å². The van der Waals surface area contributed by atoms with Gasteiger partial charge in [-0.25, -0.2) is 9.59 Å². The third-order valence-electron chi connectivity index (χ3n) is 3.58. The van der Waals surface area contributed by atoms with E-state index < -0.39 is 33.8 Å². The summed E-state index contributed by atoms with van der Waals surface area (Å²) in [5.74, 6) is -0.605. The number of carbonyl (C=O) groups is 2. The lowest BCUT2D eigenvalue weighted by Gasteiger charge is -2.24. The second-order valence-electron chi connectivity index (χ2n) is 7.53. The molecule has 0 aliphatic rings. The van der Waals surface area contributed by atoms with Gasteiger partial charge in [-0.2, -0.15) is 8.42 Å². The predicted molar refractivity (Wildman–Crippen MR) is 110 cm³/mol. The number of amides is 1. The Kier molecular flexibility index (Phi) is 7.44. The van der Waals surface area contributed by atoms with Crippen LogP contribution < -0.4 is 9.50 Å². The molecule has 0 aliphatic heterocycles. The first kappa shape index (κ1) is 23.2. The van der Waals surface area contributed by atoms with Crippen molar-refractivity contribution in [2.45, 2.75) is 39.0 Å². The Balaban J connectivity index is 2.15. The largest absolute Gasteiger partial charge is 0.458 e. The SMILES string of the molecule is CC(C)(C)OC(=O)C(NC(=O)OCc1ccccc1)c1ccc(OS(C)(=O)=O)cc1. The lowest BCUT2D eigenvalue weighted by molar-refractivity contribution is -0.157. The van der Waals surface area contributed by atoms with E-state index in [0.29, 0.717) is 5.56 Å². The van der Waals surface area contributed by atoms with E-state index in [1.54, 1.807) is 32.9 Å². The van der Waals surface area contributed by atoms with Gasteiger partial charge in [0.1, 0.15) is 18.0 Å². The molecule has 2 aromatic carbocycles. The van der Waals surface area contributed by atoms with Crippen LogP contribution in [0, 0.1) is 0 Å². The number of benzene rings is 2. The summed E-state index contributed by atoms with van der Waals surface area (Å²) in [6.07, 6.45) is 0.125. The minimum absolute atomic E-state index is 0.0366. The Labute approximate surface area is 176 Å². The van der Waals surface area contributed by atoms with Crippen molar-refractivity contribution in [3.8, 4) is 5.75 Å². The van der Waals surface area contributed by atoms with Crippen molar-refractivity contribution < 1.29 is 31.7 Å². The average Bonchev–Trinajstić information content (AvgIpc) is 2.63. The highest BCUT2D eigenvalue weighted by atomic mass is 32.2. The molecule has 0 heterocycles. The van der Waals surface area contributed by atoms with Crippen LogP contribution in [0.25, 0.3) is 0 Å². The van der Waals surface area contributed by atoms with Crippen LogP contribution in [0.1, 0.15) is 37.9 Å². The number of nitrogens with one attached hydrogen (secondary N) is 1. The highest BCUT2D eigenvalue weighted by Crippen LogP contribution is 2.22. The maximum atomic E-state index is 12.7. The van der Waals surface area contributed by atoms with Crippen molar-refractivity contribution >= 4 is 22.2 Å². The van der Waals surface area contributed by atoms with E-state index in [-0.39, 0.29) is 12.4 Å². The van der Waals surface area contributed by atoms with Gasteiger partial charge < -0.3 is 19.0 Å². The summed E-state index contributed by atoms with van der Waals surface area (Å²) in [6.45, 7) is 5.16. The molecule has 2 rings (SSSR count). The smallest absolute Gasteiger partial charge is 0.408 e. The zero-order valence-corrected chi connectivity index (χ0v) is 18.1. The molecule has 0 spiro atoms. The maximum Gasteiger partial charge on any atom is 0.408 e. The van der Waals surface area contributed by atoms with E-state index >= 15 is 0 Å². The zero-order chi connectivity index (χ0) is 22.4. The molecule has 162 valence electrons. The molecule has 9 heteroatoms. The second-order valence-corrected chi connectivity index (χ2v) is 9.10. The van der Waals surface area contributed by atoms with Crippen molar-refractivity contribution in [2.75, 3.05) is 6.26 Å². The standard InChI is InChI=1S/C21H25NO7S/c1-21(2,3)28-19(23)18(16-10-12-17(13-11-16)29-30(4,25)26)22-20(24)27-14-15-8-6-5-7-9-15/h5-13,18H,14H2,1-4H3,(H,22,24). The van der Waals surface area contributed by atoms with Gasteiger partial charge in [-0.05, 0) is 44.0 Å². The summed E-state index contributed by atoms with van der Waals surface area (Å²) in [4.78, 5) is 24.9. The molecule has 30 heavy (non-hydrogen) atoms. The number of hydrogen-bond donors (Lipinski definition) is 1. The summed E-state index contributed by atoms with van der Waals surface area (Å²) in [5, 5.41) is 2.50. The summed E-state index contributed by atoms with van der Waals surface area (Å²) in [7, 11) is -3.68. The summed E-state index contributed by atoms with van der Waals surface area (Å²) < 4.78 is 37.9. The molecular weight excluding hydrogens is 410 g/mol. The summed E-state index contributed by atoms with van der Waals surface area (Å²) in [5.41, 5.74) is 0.398. The Morgan fingerprint density at radius 3 is 2.13 bits per heavy atom. The van der Waals surface area contributed by atoms with Crippen molar-refractivity contribution in [3.05, 3.63) is 65.7 Å².